The maximum absolute atomic E-state index is 11.0. The molecule has 0 aliphatic heterocycles. The molecule has 0 fully saturated rings. The van der Waals surface area contributed by atoms with E-state index in [1.807, 2.05) is 56.3 Å². The molecule has 0 spiro atoms. The van der Waals surface area contributed by atoms with Crippen molar-refractivity contribution >= 4 is 11.9 Å². The van der Waals surface area contributed by atoms with Crippen LogP contribution in [0, 0.1) is 13.8 Å². The zero-order valence-electron chi connectivity index (χ0n) is 16.7. The van der Waals surface area contributed by atoms with Crippen molar-refractivity contribution in [3.05, 3.63) is 59.7 Å². The quantitative estimate of drug-likeness (QED) is 0.508. The van der Waals surface area contributed by atoms with E-state index in [1.54, 1.807) is 13.0 Å². The van der Waals surface area contributed by atoms with Gasteiger partial charge in [-0.3, -0.25) is 0 Å². The van der Waals surface area contributed by atoms with E-state index in [1.165, 1.54) is 0 Å². The average Bonchev–Trinajstić information content (AvgIpc) is 2.61. The first kappa shape index (κ1) is 28.8. The van der Waals surface area contributed by atoms with Gasteiger partial charge in [-0.25, -0.2) is 9.59 Å². The number of ether oxygens (including phenoxy) is 3. The van der Waals surface area contributed by atoms with Gasteiger partial charge < -0.3 is 24.8 Å². The number of carbonyl (C=O) groups excluding carboxylic acids is 1. The van der Waals surface area contributed by atoms with Crippen molar-refractivity contribution in [3.8, 4) is 11.5 Å². The number of benzene rings is 2. The van der Waals surface area contributed by atoms with Crippen LogP contribution in [-0.2, 0) is 14.3 Å². The van der Waals surface area contributed by atoms with Gasteiger partial charge in [0.25, 0.3) is 0 Å². The second-order valence-corrected chi connectivity index (χ2v) is 5.31. The van der Waals surface area contributed by atoms with Gasteiger partial charge >= 0.3 is 63.3 Å². The third kappa shape index (κ3) is 12.1. The van der Waals surface area contributed by atoms with Crippen LogP contribution in [0.2, 0.25) is 0 Å². The number of aliphatic carboxylic acids is 1. The number of carboxylic acid groups (broad SMARTS) is 1. The number of para-hydroxylation sites is 2. The fourth-order valence-electron chi connectivity index (χ4n) is 1.92. The Balaban J connectivity index is 0. The summed E-state index contributed by atoms with van der Waals surface area (Å²) in [7, 11) is 0. The predicted octanol–water partition coefficient (Wildman–Crippen LogP) is 0.223. The largest absolute Gasteiger partial charge is 1.00 e. The Kier molecular flexibility index (Phi) is 17.0. The number of hydrogen-bond acceptors (Lipinski definition) is 6. The third-order valence-corrected chi connectivity index (χ3v) is 3.19. The summed E-state index contributed by atoms with van der Waals surface area (Å²) in [4.78, 5) is 21.1. The van der Waals surface area contributed by atoms with Crippen LogP contribution < -0.4 is 60.9 Å². The predicted molar refractivity (Wildman–Crippen MR) is 99.6 cm³/mol. The van der Waals surface area contributed by atoms with Crippen LogP contribution in [0.4, 0.5) is 0 Å². The summed E-state index contributed by atoms with van der Waals surface area (Å²) in [5.74, 6) is 0.0504. The average molecular weight is 417 g/mol. The number of carboxylic acids is 1. The van der Waals surface area contributed by atoms with Crippen LogP contribution >= 0.6 is 0 Å². The molecule has 0 saturated heterocycles. The molecule has 7 nitrogen and oxygen atoms in total. The molecule has 0 amide bonds. The van der Waals surface area contributed by atoms with Crippen LogP contribution in [0.5, 0.6) is 11.5 Å². The Hall–Kier alpha value is -1.42. The molecule has 2 aromatic rings. The second kappa shape index (κ2) is 16.5. The topological polar surface area (TPSA) is 112 Å². The van der Waals surface area contributed by atoms with Gasteiger partial charge in [-0.05, 0) is 44.0 Å². The molecule has 0 saturated carbocycles. The minimum atomic E-state index is -0.960. The number of rotatable bonds is 7. The maximum atomic E-state index is 11.0. The molecule has 0 aliphatic rings. The molecule has 148 valence electrons. The monoisotopic (exact) mass is 416 g/mol. The molecule has 0 aromatic heterocycles. The summed E-state index contributed by atoms with van der Waals surface area (Å²) >= 11 is 0. The van der Waals surface area contributed by atoms with E-state index in [-0.39, 0.29) is 76.0 Å². The molecule has 0 aliphatic carbocycles. The molecule has 8 heteroatoms. The van der Waals surface area contributed by atoms with Crippen LogP contribution in [0.25, 0.3) is 0 Å². The van der Waals surface area contributed by atoms with E-state index in [0.717, 1.165) is 16.9 Å². The fraction of sp³-hybridized carbons (Fsp3) is 0.300. The first-order chi connectivity index (χ1) is 12.4. The van der Waals surface area contributed by atoms with Crippen LogP contribution in [0.15, 0.2) is 48.5 Å². The molecule has 2 rings (SSSR count). The molecule has 2 aromatic carbocycles. The van der Waals surface area contributed by atoms with Crippen molar-refractivity contribution < 1.29 is 85.8 Å². The van der Waals surface area contributed by atoms with E-state index in [4.69, 9.17) is 19.3 Å². The van der Waals surface area contributed by atoms with Gasteiger partial charge in [0.1, 0.15) is 11.5 Å². The summed E-state index contributed by atoms with van der Waals surface area (Å²) in [5.41, 5.74) is 1.95. The van der Waals surface area contributed by atoms with Crippen LogP contribution in [0.1, 0.15) is 18.1 Å². The van der Waals surface area contributed by atoms with Gasteiger partial charge in [0, 0.05) is 0 Å². The molecular weight excluding hydrogens is 391 g/mol. The van der Waals surface area contributed by atoms with E-state index in [9.17, 15) is 9.59 Å². The molecule has 2 N–H and O–H groups in total. The van der Waals surface area contributed by atoms with E-state index < -0.39 is 5.97 Å². The second-order valence-electron chi connectivity index (χ2n) is 5.31. The van der Waals surface area contributed by atoms with Crippen molar-refractivity contribution in [2.75, 3.05) is 19.8 Å². The first-order valence-corrected chi connectivity index (χ1v) is 8.18. The third-order valence-electron chi connectivity index (χ3n) is 3.19. The number of hydrogen-bond donors (Lipinski definition) is 1. The number of aryl methyl sites for hydroxylation is 2. The molecule has 0 radical (unpaired) electrons. The first-order valence-electron chi connectivity index (χ1n) is 8.18. The molecular formula is C20H25KO7. The van der Waals surface area contributed by atoms with Crippen molar-refractivity contribution in [3.63, 3.8) is 0 Å². The van der Waals surface area contributed by atoms with Crippen molar-refractivity contribution in [1.29, 1.82) is 0 Å². The Labute approximate surface area is 207 Å². The number of carbonyl (C=O) groups is 2. The summed E-state index contributed by atoms with van der Waals surface area (Å²) < 4.78 is 15.0. The minimum Gasteiger partial charge on any atom is -0.870 e. The van der Waals surface area contributed by atoms with Crippen molar-refractivity contribution in [1.82, 2.24) is 0 Å². The normalized spacial score (nSPS) is 8.82. The summed E-state index contributed by atoms with van der Waals surface area (Å²) in [6.07, 6.45) is 0. The number of esters is 1. The van der Waals surface area contributed by atoms with E-state index >= 15 is 0 Å². The van der Waals surface area contributed by atoms with Gasteiger partial charge in [-0.15, -0.1) is 0 Å². The summed E-state index contributed by atoms with van der Waals surface area (Å²) in [5, 5.41) is 8.34. The van der Waals surface area contributed by atoms with Gasteiger partial charge in [0.05, 0.1) is 6.61 Å². The summed E-state index contributed by atoms with van der Waals surface area (Å²) in [6, 6.07) is 14.9. The van der Waals surface area contributed by atoms with Gasteiger partial charge in [-0.2, -0.15) is 0 Å². The zero-order valence-corrected chi connectivity index (χ0v) is 19.8. The minimum absolute atomic E-state index is 0. The Bertz CT molecular complexity index is 719. The van der Waals surface area contributed by atoms with E-state index in [2.05, 4.69) is 0 Å². The van der Waals surface area contributed by atoms with E-state index in [0.29, 0.717) is 12.4 Å². The van der Waals surface area contributed by atoms with Gasteiger partial charge in [-0.1, -0.05) is 36.4 Å². The standard InChI is InChI=1S/C11H14O3.C9H10O3.K.H2O/c1-3-13-11(12)8-14-10-7-5-4-6-9(10)2;1-7-4-2-3-5-8(7)12-6-9(10)11;;/h4-7H,3,8H2,1-2H3;2-5H,6H2,1H3,(H,10,11);;1H2/q;;+1;/p-1. The van der Waals surface area contributed by atoms with Crippen molar-refractivity contribution in [2.45, 2.75) is 20.8 Å². The van der Waals surface area contributed by atoms with Crippen molar-refractivity contribution in [2.24, 2.45) is 0 Å². The summed E-state index contributed by atoms with van der Waals surface area (Å²) in [6.45, 7) is 5.64. The van der Waals surface area contributed by atoms with Crippen LogP contribution in [-0.4, -0.2) is 42.3 Å². The molecule has 0 heterocycles. The maximum Gasteiger partial charge on any atom is 1.00 e. The molecule has 0 atom stereocenters. The molecule has 0 unspecified atom stereocenters. The SMILES string of the molecule is CCOC(=O)COc1ccccc1C.Cc1ccccc1OCC(=O)O.[K+].[OH-]. The Morgan fingerprint density at radius 2 is 1.29 bits per heavy atom. The van der Waals surface area contributed by atoms with Gasteiger partial charge in [0.15, 0.2) is 13.2 Å². The Morgan fingerprint density at radius 1 is 0.857 bits per heavy atom. The smallest absolute Gasteiger partial charge is 0.870 e. The van der Waals surface area contributed by atoms with Crippen LogP contribution in [0.3, 0.4) is 0 Å². The fourth-order valence-corrected chi connectivity index (χ4v) is 1.92. The zero-order chi connectivity index (χ0) is 19.4. The molecule has 0 bridgehead atoms. The molecule has 28 heavy (non-hydrogen) atoms. The van der Waals surface area contributed by atoms with Gasteiger partial charge in [0.2, 0.25) is 0 Å². The Morgan fingerprint density at radius 3 is 1.68 bits per heavy atom.